The fraction of sp³-hybridized carbons (Fsp3) is 0.125. The predicted octanol–water partition coefficient (Wildman–Crippen LogP) is 2.82. The van der Waals surface area contributed by atoms with E-state index >= 15 is 0 Å². The third kappa shape index (κ3) is 4.33. The zero-order valence-corrected chi connectivity index (χ0v) is 11.9. The van der Waals surface area contributed by atoms with Crippen molar-refractivity contribution in [2.45, 2.75) is 12.5 Å². The van der Waals surface area contributed by atoms with Crippen LogP contribution < -0.4 is 5.32 Å². The molecule has 0 spiro atoms. The third-order valence-corrected chi connectivity index (χ3v) is 3.17. The van der Waals surface area contributed by atoms with Gasteiger partial charge in [0, 0.05) is 5.02 Å². The lowest BCUT2D eigenvalue weighted by Gasteiger charge is -2.15. The molecule has 0 fully saturated rings. The zero-order chi connectivity index (χ0) is 15.2. The molecule has 0 aliphatic heterocycles. The number of carboxylic acid groups (broad SMARTS) is 1. The lowest BCUT2D eigenvalue weighted by Crippen LogP contribution is -2.34. The Morgan fingerprint density at radius 2 is 1.81 bits per heavy atom. The molecule has 4 nitrogen and oxygen atoms in total. The SMILES string of the molecule is O=C(Cc1cccc(Cl)c1)N[C@H](C(=O)O)c1ccccc1. The molecule has 0 unspecified atom stereocenters. The van der Waals surface area contributed by atoms with Gasteiger partial charge in [0.15, 0.2) is 6.04 Å². The molecular formula is C16H14ClNO3. The summed E-state index contributed by atoms with van der Waals surface area (Å²) in [5, 5.41) is 12.3. The van der Waals surface area contributed by atoms with E-state index in [1.807, 2.05) is 0 Å². The average Bonchev–Trinajstić information content (AvgIpc) is 2.45. The zero-order valence-electron chi connectivity index (χ0n) is 11.1. The first kappa shape index (κ1) is 15.1. The molecule has 1 amide bonds. The summed E-state index contributed by atoms with van der Waals surface area (Å²) < 4.78 is 0. The minimum atomic E-state index is -1.10. The van der Waals surface area contributed by atoms with Gasteiger partial charge in [-0.1, -0.05) is 54.1 Å². The van der Waals surface area contributed by atoms with Gasteiger partial charge in [0.05, 0.1) is 6.42 Å². The van der Waals surface area contributed by atoms with E-state index in [-0.39, 0.29) is 12.3 Å². The molecule has 0 bridgehead atoms. The van der Waals surface area contributed by atoms with Crippen LogP contribution in [0, 0.1) is 0 Å². The molecule has 2 N–H and O–H groups in total. The van der Waals surface area contributed by atoms with Crippen LogP contribution in [-0.2, 0) is 16.0 Å². The molecule has 21 heavy (non-hydrogen) atoms. The number of nitrogens with one attached hydrogen (secondary N) is 1. The van der Waals surface area contributed by atoms with Gasteiger partial charge < -0.3 is 10.4 Å². The van der Waals surface area contributed by atoms with Crippen molar-refractivity contribution >= 4 is 23.5 Å². The van der Waals surface area contributed by atoms with Crippen LogP contribution in [0.2, 0.25) is 5.02 Å². The summed E-state index contributed by atoms with van der Waals surface area (Å²) in [5.74, 6) is -1.46. The topological polar surface area (TPSA) is 66.4 Å². The largest absolute Gasteiger partial charge is 0.479 e. The summed E-state index contributed by atoms with van der Waals surface area (Å²) in [4.78, 5) is 23.3. The van der Waals surface area contributed by atoms with Crippen molar-refractivity contribution in [3.05, 3.63) is 70.7 Å². The van der Waals surface area contributed by atoms with Crippen LogP contribution in [0.5, 0.6) is 0 Å². The highest BCUT2D eigenvalue weighted by atomic mass is 35.5. The lowest BCUT2D eigenvalue weighted by atomic mass is 10.1. The van der Waals surface area contributed by atoms with E-state index < -0.39 is 12.0 Å². The van der Waals surface area contributed by atoms with Crippen LogP contribution in [0.15, 0.2) is 54.6 Å². The minimum Gasteiger partial charge on any atom is -0.479 e. The number of hydrogen-bond donors (Lipinski definition) is 2. The van der Waals surface area contributed by atoms with Crippen molar-refractivity contribution in [1.82, 2.24) is 5.32 Å². The maximum absolute atomic E-state index is 12.0. The fourth-order valence-corrected chi connectivity index (χ4v) is 2.19. The molecule has 0 saturated carbocycles. The number of benzene rings is 2. The van der Waals surface area contributed by atoms with Crippen LogP contribution >= 0.6 is 11.6 Å². The number of carboxylic acids is 1. The molecule has 0 saturated heterocycles. The van der Waals surface area contributed by atoms with Crippen molar-refractivity contribution in [2.24, 2.45) is 0 Å². The predicted molar refractivity (Wildman–Crippen MR) is 80.1 cm³/mol. The number of aliphatic carboxylic acids is 1. The highest BCUT2D eigenvalue weighted by Crippen LogP contribution is 2.14. The fourth-order valence-electron chi connectivity index (χ4n) is 1.98. The number of carbonyl (C=O) groups is 2. The van der Waals surface area contributed by atoms with Gasteiger partial charge >= 0.3 is 5.97 Å². The molecule has 2 rings (SSSR count). The van der Waals surface area contributed by atoms with Gasteiger partial charge in [0.25, 0.3) is 0 Å². The van der Waals surface area contributed by atoms with E-state index in [2.05, 4.69) is 5.32 Å². The molecule has 0 aliphatic carbocycles. The molecule has 2 aromatic carbocycles. The second-order valence-electron chi connectivity index (χ2n) is 4.56. The molecule has 1 atom stereocenters. The Bertz CT molecular complexity index is 643. The van der Waals surface area contributed by atoms with E-state index in [1.165, 1.54) is 0 Å². The van der Waals surface area contributed by atoms with Crippen molar-refractivity contribution in [3.63, 3.8) is 0 Å². The van der Waals surface area contributed by atoms with Gasteiger partial charge in [0.2, 0.25) is 5.91 Å². The van der Waals surface area contributed by atoms with Crippen LogP contribution in [0.3, 0.4) is 0 Å². The van der Waals surface area contributed by atoms with Crippen LogP contribution in [0.25, 0.3) is 0 Å². The van der Waals surface area contributed by atoms with Crippen molar-refractivity contribution < 1.29 is 14.7 Å². The Hall–Kier alpha value is -2.33. The quantitative estimate of drug-likeness (QED) is 0.892. The molecule has 0 aliphatic rings. The smallest absolute Gasteiger partial charge is 0.330 e. The van der Waals surface area contributed by atoms with Gasteiger partial charge in [-0.25, -0.2) is 4.79 Å². The number of hydrogen-bond acceptors (Lipinski definition) is 2. The van der Waals surface area contributed by atoms with Gasteiger partial charge in [-0.2, -0.15) is 0 Å². The molecule has 0 radical (unpaired) electrons. The molecule has 108 valence electrons. The molecule has 0 heterocycles. The van der Waals surface area contributed by atoms with E-state index in [4.69, 9.17) is 11.6 Å². The van der Waals surface area contributed by atoms with E-state index in [9.17, 15) is 14.7 Å². The Kier molecular flexibility index (Phi) is 4.95. The Morgan fingerprint density at radius 3 is 2.43 bits per heavy atom. The summed E-state index contributed by atoms with van der Waals surface area (Å²) >= 11 is 5.85. The van der Waals surface area contributed by atoms with Gasteiger partial charge in [0.1, 0.15) is 0 Å². The maximum atomic E-state index is 12.0. The summed E-state index contributed by atoms with van der Waals surface area (Å²) in [7, 11) is 0. The number of amides is 1. The summed E-state index contributed by atoms with van der Waals surface area (Å²) in [6, 6.07) is 14.4. The number of halogens is 1. The van der Waals surface area contributed by atoms with E-state index in [1.54, 1.807) is 54.6 Å². The average molecular weight is 304 g/mol. The Morgan fingerprint density at radius 1 is 1.10 bits per heavy atom. The standard InChI is InChI=1S/C16H14ClNO3/c17-13-8-4-5-11(9-13)10-14(19)18-15(16(20)21)12-6-2-1-3-7-12/h1-9,15H,10H2,(H,18,19)(H,20,21)/t15-/m0/s1. The summed E-state index contributed by atoms with van der Waals surface area (Å²) in [5.41, 5.74) is 1.27. The van der Waals surface area contributed by atoms with Crippen molar-refractivity contribution in [3.8, 4) is 0 Å². The highest BCUT2D eigenvalue weighted by Gasteiger charge is 2.21. The lowest BCUT2D eigenvalue weighted by molar-refractivity contribution is -0.141. The number of carbonyl (C=O) groups excluding carboxylic acids is 1. The summed E-state index contributed by atoms with van der Waals surface area (Å²) in [6.07, 6.45) is 0.0805. The van der Waals surface area contributed by atoms with Gasteiger partial charge in [-0.15, -0.1) is 0 Å². The van der Waals surface area contributed by atoms with Crippen LogP contribution in [0.1, 0.15) is 17.2 Å². The monoisotopic (exact) mass is 303 g/mol. The van der Waals surface area contributed by atoms with Crippen LogP contribution in [-0.4, -0.2) is 17.0 Å². The van der Waals surface area contributed by atoms with Crippen molar-refractivity contribution in [1.29, 1.82) is 0 Å². The Labute approximate surface area is 127 Å². The second-order valence-corrected chi connectivity index (χ2v) is 4.99. The minimum absolute atomic E-state index is 0.0805. The van der Waals surface area contributed by atoms with Crippen LogP contribution in [0.4, 0.5) is 0 Å². The first-order valence-electron chi connectivity index (χ1n) is 6.38. The first-order valence-corrected chi connectivity index (χ1v) is 6.75. The van der Waals surface area contributed by atoms with Crippen molar-refractivity contribution in [2.75, 3.05) is 0 Å². The van der Waals surface area contributed by atoms with Gasteiger partial charge in [-0.3, -0.25) is 4.79 Å². The molecule has 5 heteroatoms. The highest BCUT2D eigenvalue weighted by molar-refractivity contribution is 6.30. The number of rotatable bonds is 5. The third-order valence-electron chi connectivity index (χ3n) is 2.94. The Balaban J connectivity index is 2.07. The maximum Gasteiger partial charge on any atom is 0.330 e. The normalized spacial score (nSPS) is 11.7. The molecular weight excluding hydrogens is 290 g/mol. The van der Waals surface area contributed by atoms with Gasteiger partial charge in [-0.05, 0) is 23.3 Å². The second kappa shape index (κ2) is 6.90. The first-order chi connectivity index (χ1) is 10.1. The summed E-state index contributed by atoms with van der Waals surface area (Å²) in [6.45, 7) is 0. The molecule has 0 aromatic heterocycles. The van der Waals surface area contributed by atoms with E-state index in [0.717, 1.165) is 5.56 Å². The molecule has 2 aromatic rings. The van der Waals surface area contributed by atoms with E-state index in [0.29, 0.717) is 10.6 Å².